The van der Waals surface area contributed by atoms with Gasteiger partial charge in [-0.1, -0.05) is 15.9 Å². The van der Waals surface area contributed by atoms with Crippen molar-refractivity contribution in [3.63, 3.8) is 0 Å². The zero-order valence-electron chi connectivity index (χ0n) is 13.9. The molecule has 2 heterocycles. The minimum absolute atomic E-state index is 0.00229. The summed E-state index contributed by atoms with van der Waals surface area (Å²) in [5, 5.41) is 11.7. The van der Waals surface area contributed by atoms with Crippen molar-refractivity contribution in [3.05, 3.63) is 75.0 Å². The van der Waals surface area contributed by atoms with Gasteiger partial charge in [0.15, 0.2) is 5.82 Å². The zero-order valence-corrected chi connectivity index (χ0v) is 15.5. The van der Waals surface area contributed by atoms with Crippen LogP contribution < -0.4 is 5.56 Å². The van der Waals surface area contributed by atoms with Crippen LogP contribution in [0.25, 0.3) is 16.6 Å². The zero-order chi connectivity index (χ0) is 19.9. The van der Waals surface area contributed by atoms with Crippen molar-refractivity contribution in [2.24, 2.45) is 0 Å². The molecule has 0 amide bonds. The molecule has 0 bridgehead atoms. The molecule has 142 valence electrons. The number of alkyl halides is 3. The topological polar surface area (TPSA) is 78.5 Å². The number of nitrogens with zero attached hydrogens (tertiary/aromatic N) is 6. The number of aromatic nitrogens is 6. The van der Waals surface area contributed by atoms with Crippen LogP contribution in [0.15, 0.2) is 58.1 Å². The van der Waals surface area contributed by atoms with Crippen molar-refractivity contribution >= 4 is 26.8 Å². The van der Waals surface area contributed by atoms with Gasteiger partial charge in [-0.15, -0.1) is 5.10 Å². The van der Waals surface area contributed by atoms with Gasteiger partial charge in [-0.3, -0.25) is 9.36 Å². The molecule has 0 aliphatic rings. The highest BCUT2D eigenvalue weighted by Crippen LogP contribution is 2.29. The smallest absolute Gasteiger partial charge is 0.291 e. The number of halogens is 4. The van der Waals surface area contributed by atoms with Gasteiger partial charge in [0.2, 0.25) is 0 Å². The fourth-order valence-electron chi connectivity index (χ4n) is 2.69. The lowest BCUT2D eigenvalue weighted by atomic mass is 10.2. The lowest BCUT2D eigenvalue weighted by molar-refractivity contribution is -0.137. The molecule has 0 spiro atoms. The molecule has 0 aliphatic carbocycles. The second kappa shape index (κ2) is 6.82. The quantitative estimate of drug-likeness (QED) is 0.478. The van der Waals surface area contributed by atoms with Crippen LogP contribution >= 0.6 is 15.9 Å². The number of benzene rings is 2. The van der Waals surface area contributed by atoms with Gasteiger partial charge in [0.05, 0.1) is 35.0 Å². The summed E-state index contributed by atoms with van der Waals surface area (Å²) in [5.41, 5.74) is -0.163. The van der Waals surface area contributed by atoms with Gasteiger partial charge in [0.25, 0.3) is 5.56 Å². The van der Waals surface area contributed by atoms with Crippen molar-refractivity contribution in [1.29, 1.82) is 0 Å². The van der Waals surface area contributed by atoms with Crippen molar-refractivity contribution < 1.29 is 13.2 Å². The van der Waals surface area contributed by atoms with E-state index in [1.54, 1.807) is 18.2 Å². The van der Waals surface area contributed by atoms with E-state index in [9.17, 15) is 18.0 Å². The Morgan fingerprint density at radius 3 is 2.54 bits per heavy atom. The molecule has 0 N–H and O–H groups in total. The van der Waals surface area contributed by atoms with E-state index in [4.69, 9.17) is 0 Å². The van der Waals surface area contributed by atoms with E-state index in [0.29, 0.717) is 16.6 Å². The van der Waals surface area contributed by atoms with E-state index in [-0.39, 0.29) is 17.9 Å². The standard InChI is InChI=1S/C17H10BrF3N6O/c18-11-3-6-14-13(7-11)16(28)26(9-22-14)8-15-23-24-25-27(15)12-4-1-10(2-5-12)17(19,20)21/h1-7,9H,8H2. The summed E-state index contributed by atoms with van der Waals surface area (Å²) in [6.45, 7) is 0.00229. The molecule has 2 aromatic carbocycles. The molecule has 0 unspecified atom stereocenters. The van der Waals surface area contributed by atoms with E-state index in [1.165, 1.54) is 27.7 Å². The molecule has 2 aromatic heterocycles. The first-order valence-electron chi connectivity index (χ1n) is 7.92. The van der Waals surface area contributed by atoms with Gasteiger partial charge in [0, 0.05) is 4.47 Å². The third kappa shape index (κ3) is 3.40. The van der Waals surface area contributed by atoms with Gasteiger partial charge < -0.3 is 0 Å². The summed E-state index contributed by atoms with van der Waals surface area (Å²) in [7, 11) is 0. The molecular formula is C17H10BrF3N6O. The predicted molar refractivity (Wildman–Crippen MR) is 97.0 cm³/mol. The average molecular weight is 451 g/mol. The van der Waals surface area contributed by atoms with Gasteiger partial charge in [-0.05, 0) is 52.9 Å². The van der Waals surface area contributed by atoms with Crippen molar-refractivity contribution in [2.75, 3.05) is 0 Å². The molecule has 0 aliphatic heterocycles. The molecule has 28 heavy (non-hydrogen) atoms. The number of rotatable bonds is 3. The van der Waals surface area contributed by atoms with E-state index >= 15 is 0 Å². The minimum atomic E-state index is -4.43. The van der Waals surface area contributed by atoms with E-state index in [1.807, 2.05) is 0 Å². The van der Waals surface area contributed by atoms with Crippen LogP contribution in [0.3, 0.4) is 0 Å². The Kier molecular flexibility index (Phi) is 4.46. The molecule has 0 saturated heterocycles. The lowest BCUT2D eigenvalue weighted by Crippen LogP contribution is -2.23. The van der Waals surface area contributed by atoms with Crippen LogP contribution in [-0.4, -0.2) is 29.8 Å². The predicted octanol–water partition coefficient (Wildman–Crippen LogP) is 3.20. The number of hydrogen-bond donors (Lipinski definition) is 0. The van der Waals surface area contributed by atoms with Gasteiger partial charge in [-0.25, -0.2) is 4.98 Å². The summed E-state index contributed by atoms with van der Waals surface area (Å²) in [6.07, 6.45) is -3.05. The maximum atomic E-state index is 12.7. The minimum Gasteiger partial charge on any atom is -0.291 e. The molecular weight excluding hydrogens is 441 g/mol. The fourth-order valence-corrected chi connectivity index (χ4v) is 3.05. The second-order valence-electron chi connectivity index (χ2n) is 5.89. The Hall–Kier alpha value is -3.08. The van der Waals surface area contributed by atoms with E-state index in [0.717, 1.165) is 16.6 Å². The average Bonchev–Trinajstić information content (AvgIpc) is 3.12. The number of fused-ring (bicyclic) bond motifs is 1. The first kappa shape index (κ1) is 18.3. The lowest BCUT2D eigenvalue weighted by Gasteiger charge is -2.09. The maximum Gasteiger partial charge on any atom is 0.416 e. The SMILES string of the molecule is O=c1c2cc(Br)ccc2ncn1Cc1nnnn1-c1ccc(C(F)(F)F)cc1. The van der Waals surface area contributed by atoms with Crippen LogP contribution in [0.4, 0.5) is 13.2 Å². The Morgan fingerprint density at radius 1 is 1.07 bits per heavy atom. The molecule has 0 radical (unpaired) electrons. The molecule has 4 aromatic rings. The van der Waals surface area contributed by atoms with Crippen LogP contribution in [0.2, 0.25) is 0 Å². The number of hydrogen-bond acceptors (Lipinski definition) is 5. The summed E-state index contributed by atoms with van der Waals surface area (Å²) < 4.78 is 41.6. The molecule has 0 saturated carbocycles. The fraction of sp³-hybridized carbons (Fsp3) is 0.118. The Morgan fingerprint density at radius 2 is 1.82 bits per heavy atom. The normalized spacial score (nSPS) is 11.9. The van der Waals surface area contributed by atoms with E-state index < -0.39 is 11.7 Å². The van der Waals surface area contributed by atoms with E-state index in [2.05, 4.69) is 36.4 Å². The van der Waals surface area contributed by atoms with Gasteiger partial charge in [0.1, 0.15) is 0 Å². The highest BCUT2D eigenvalue weighted by molar-refractivity contribution is 9.10. The van der Waals surface area contributed by atoms with Crippen LogP contribution in [-0.2, 0) is 12.7 Å². The summed E-state index contributed by atoms with van der Waals surface area (Å²) in [6, 6.07) is 9.59. The Bertz CT molecular complexity index is 1220. The van der Waals surface area contributed by atoms with Crippen LogP contribution in [0.1, 0.15) is 11.4 Å². The highest BCUT2D eigenvalue weighted by atomic mass is 79.9. The third-order valence-electron chi connectivity index (χ3n) is 4.07. The van der Waals surface area contributed by atoms with Crippen molar-refractivity contribution in [2.45, 2.75) is 12.7 Å². The number of tetrazole rings is 1. The molecule has 7 nitrogen and oxygen atoms in total. The second-order valence-corrected chi connectivity index (χ2v) is 6.81. The van der Waals surface area contributed by atoms with Gasteiger partial charge in [-0.2, -0.15) is 17.9 Å². The molecule has 4 rings (SSSR count). The van der Waals surface area contributed by atoms with Crippen LogP contribution in [0.5, 0.6) is 0 Å². The maximum absolute atomic E-state index is 12.7. The van der Waals surface area contributed by atoms with Crippen molar-refractivity contribution in [1.82, 2.24) is 29.8 Å². The largest absolute Gasteiger partial charge is 0.416 e. The Balaban J connectivity index is 1.70. The first-order valence-corrected chi connectivity index (χ1v) is 8.72. The monoisotopic (exact) mass is 450 g/mol. The summed E-state index contributed by atoms with van der Waals surface area (Å²) in [4.78, 5) is 17.0. The Labute approximate surface area is 163 Å². The van der Waals surface area contributed by atoms with Gasteiger partial charge >= 0.3 is 6.18 Å². The third-order valence-corrected chi connectivity index (χ3v) is 4.56. The van der Waals surface area contributed by atoms with Crippen molar-refractivity contribution in [3.8, 4) is 5.69 Å². The first-order chi connectivity index (χ1) is 13.3. The van der Waals surface area contributed by atoms with Crippen LogP contribution in [0, 0.1) is 0 Å². The summed E-state index contributed by atoms with van der Waals surface area (Å²) >= 11 is 3.32. The molecule has 0 fully saturated rings. The summed E-state index contributed by atoms with van der Waals surface area (Å²) in [5.74, 6) is 0.276. The highest BCUT2D eigenvalue weighted by Gasteiger charge is 2.30. The molecule has 11 heteroatoms. The molecule has 0 atom stereocenters.